The van der Waals surface area contributed by atoms with Crippen LogP contribution in [0.1, 0.15) is 22.3 Å². The summed E-state index contributed by atoms with van der Waals surface area (Å²) in [7, 11) is 0. The number of thiol groups is 1. The summed E-state index contributed by atoms with van der Waals surface area (Å²) in [5.41, 5.74) is 14.4. The van der Waals surface area contributed by atoms with Crippen LogP contribution in [0.4, 0.5) is 0 Å². The van der Waals surface area contributed by atoms with Crippen molar-refractivity contribution in [2.24, 2.45) is 16.0 Å². The Morgan fingerprint density at radius 1 is 0.917 bits per heavy atom. The molecule has 0 aliphatic carbocycles. The molecule has 0 aliphatic rings. The monoisotopic (exact) mass is 512 g/mol. The SMILES string of the molecule is N#Cc1cnc(-c2ccc(CNCc3ccc(/C(N)=C/SN)cc3)cc2)c(-c2ccccc2)c1.NS. The average molecular weight is 513 g/mol. The molecular weight excluding hydrogens is 484 g/mol. The zero-order valence-corrected chi connectivity index (χ0v) is 21.3. The van der Waals surface area contributed by atoms with E-state index in [0.29, 0.717) is 11.3 Å². The third-order valence-electron chi connectivity index (χ3n) is 5.47. The molecule has 182 valence electrons. The molecule has 0 radical (unpaired) electrons. The van der Waals surface area contributed by atoms with Gasteiger partial charge in [0.25, 0.3) is 0 Å². The highest BCUT2D eigenvalue weighted by atomic mass is 32.2. The third-order valence-corrected chi connectivity index (χ3v) is 5.86. The van der Waals surface area contributed by atoms with Crippen molar-refractivity contribution in [1.82, 2.24) is 10.3 Å². The van der Waals surface area contributed by atoms with Crippen molar-refractivity contribution in [3.05, 3.63) is 119 Å². The summed E-state index contributed by atoms with van der Waals surface area (Å²) in [5.74, 6) is 0. The van der Waals surface area contributed by atoms with Gasteiger partial charge < -0.3 is 11.1 Å². The van der Waals surface area contributed by atoms with E-state index in [9.17, 15) is 5.26 Å². The van der Waals surface area contributed by atoms with E-state index in [1.54, 1.807) is 11.6 Å². The van der Waals surface area contributed by atoms with Gasteiger partial charge in [0.1, 0.15) is 6.07 Å². The highest BCUT2D eigenvalue weighted by Gasteiger charge is 2.10. The van der Waals surface area contributed by atoms with E-state index in [0.717, 1.165) is 53.0 Å². The van der Waals surface area contributed by atoms with E-state index in [2.05, 4.69) is 70.7 Å². The minimum Gasteiger partial charge on any atom is -0.398 e. The lowest BCUT2D eigenvalue weighted by Crippen LogP contribution is -2.12. The summed E-state index contributed by atoms with van der Waals surface area (Å²) >= 11 is 4.13. The summed E-state index contributed by atoms with van der Waals surface area (Å²) in [6.45, 7) is 1.51. The van der Waals surface area contributed by atoms with Crippen LogP contribution in [-0.2, 0) is 13.1 Å². The molecule has 8 heteroatoms. The van der Waals surface area contributed by atoms with Crippen LogP contribution in [0.5, 0.6) is 0 Å². The molecule has 3 aromatic carbocycles. The van der Waals surface area contributed by atoms with Gasteiger partial charge in [0.05, 0.1) is 11.3 Å². The molecule has 0 atom stereocenters. The summed E-state index contributed by atoms with van der Waals surface area (Å²) in [6.07, 6.45) is 1.63. The minimum absolute atomic E-state index is 0.549. The van der Waals surface area contributed by atoms with Gasteiger partial charge in [-0.3, -0.25) is 15.3 Å². The van der Waals surface area contributed by atoms with Crippen LogP contribution in [0.2, 0.25) is 0 Å². The number of hydrogen-bond donors (Lipinski definition) is 5. The van der Waals surface area contributed by atoms with Crippen molar-refractivity contribution in [3.8, 4) is 28.5 Å². The lowest BCUT2D eigenvalue weighted by Gasteiger charge is -2.11. The fourth-order valence-corrected chi connectivity index (χ4v) is 3.96. The number of nitrogens with two attached hydrogens (primary N) is 3. The van der Waals surface area contributed by atoms with Crippen LogP contribution in [0.25, 0.3) is 28.1 Å². The summed E-state index contributed by atoms with van der Waals surface area (Å²) < 4.78 is 0. The molecule has 0 saturated carbocycles. The largest absolute Gasteiger partial charge is 0.398 e. The van der Waals surface area contributed by atoms with E-state index in [1.807, 2.05) is 48.5 Å². The van der Waals surface area contributed by atoms with Crippen LogP contribution in [-0.4, -0.2) is 4.98 Å². The molecule has 4 rings (SSSR count). The highest BCUT2D eigenvalue weighted by molar-refractivity contribution is 8.00. The van der Waals surface area contributed by atoms with Gasteiger partial charge >= 0.3 is 0 Å². The number of rotatable bonds is 8. The third kappa shape index (κ3) is 7.21. The molecule has 0 saturated heterocycles. The van der Waals surface area contributed by atoms with Crippen molar-refractivity contribution >= 4 is 30.5 Å². The Hall–Kier alpha value is -3.58. The molecule has 0 bridgehead atoms. The lowest BCUT2D eigenvalue weighted by atomic mass is 9.97. The van der Waals surface area contributed by atoms with Gasteiger partial charge in [-0.25, -0.2) is 0 Å². The Balaban J connectivity index is 0.00000176. The van der Waals surface area contributed by atoms with Gasteiger partial charge in [-0.2, -0.15) is 5.26 Å². The molecule has 4 aromatic rings. The summed E-state index contributed by atoms with van der Waals surface area (Å²) in [4.78, 5) is 4.60. The molecule has 36 heavy (non-hydrogen) atoms. The highest BCUT2D eigenvalue weighted by Crippen LogP contribution is 2.31. The Bertz CT molecular complexity index is 1320. The number of pyridine rings is 1. The quantitative estimate of drug-likeness (QED) is 0.162. The Labute approximate surface area is 221 Å². The van der Waals surface area contributed by atoms with Gasteiger partial charge in [-0.1, -0.05) is 90.8 Å². The first kappa shape index (κ1) is 27.0. The maximum atomic E-state index is 9.32. The van der Waals surface area contributed by atoms with E-state index in [4.69, 9.17) is 10.9 Å². The number of hydrogen-bond acceptors (Lipinski definition) is 8. The number of nitrogens with one attached hydrogen (secondary N) is 1. The normalized spacial score (nSPS) is 10.8. The van der Waals surface area contributed by atoms with E-state index < -0.39 is 0 Å². The minimum atomic E-state index is 0.549. The van der Waals surface area contributed by atoms with Crippen molar-refractivity contribution < 1.29 is 0 Å². The van der Waals surface area contributed by atoms with Gasteiger partial charge in [0, 0.05) is 41.5 Å². The maximum absolute atomic E-state index is 9.32. The van der Waals surface area contributed by atoms with Crippen molar-refractivity contribution in [3.63, 3.8) is 0 Å². The molecule has 0 fully saturated rings. The smallest absolute Gasteiger partial charge is 0.101 e. The second-order valence-corrected chi connectivity index (χ2v) is 8.31. The maximum Gasteiger partial charge on any atom is 0.101 e. The zero-order valence-electron chi connectivity index (χ0n) is 19.6. The van der Waals surface area contributed by atoms with Crippen molar-refractivity contribution in [1.29, 1.82) is 5.26 Å². The molecular formula is C28H28N6S2. The first-order chi connectivity index (χ1) is 17.7. The predicted octanol–water partition coefficient (Wildman–Crippen LogP) is 5.23. The molecule has 7 N–H and O–H groups in total. The van der Waals surface area contributed by atoms with Crippen LogP contribution in [0.15, 0.2) is 96.5 Å². The predicted molar refractivity (Wildman–Crippen MR) is 154 cm³/mol. The Morgan fingerprint density at radius 3 is 2.11 bits per heavy atom. The van der Waals surface area contributed by atoms with Crippen LogP contribution >= 0.6 is 24.8 Å². The zero-order chi connectivity index (χ0) is 25.8. The van der Waals surface area contributed by atoms with Crippen molar-refractivity contribution in [2.45, 2.75) is 13.1 Å². The van der Waals surface area contributed by atoms with Gasteiger partial charge in [-0.15, -0.1) is 12.8 Å². The number of nitrogens with zero attached hydrogens (tertiary/aromatic N) is 2. The number of nitriles is 1. The fourth-order valence-electron chi connectivity index (χ4n) is 3.68. The van der Waals surface area contributed by atoms with Gasteiger partial charge in [-0.05, 0) is 28.3 Å². The van der Waals surface area contributed by atoms with Gasteiger partial charge in [0.2, 0.25) is 0 Å². The summed E-state index contributed by atoms with van der Waals surface area (Å²) in [6, 6.07) is 30.6. The Morgan fingerprint density at radius 2 is 1.53 bits per heavy atom. The fraction of sp³-hybridized carbons (Fsp3) is 0.0714. The first-order valence-electron chi connectivity index (χ1n) is 11.1. The molecule has 6 nitrogen and oxygen atoms in total. The van der Waals surface area contributed by atoms with Crippen LogP contribution < -0.4 is 21.3 Å². The first-order valence-corrected chi connectivity index (χ1v) is 12.6. The molecule has 0 amide bonds. The van der Waals surface area contributed by atoms with E-state index >= 15 is 0 Å². The Kier molecular flexibility index (Phi) is 10.6. The second-order valence-electron chi connectivity index (χ2n) is 7.80. The molecule has 0 unspecified atom stereocenters. The molecule has 0 spiro atoms. The molecule has 1 heterocycles. The van der Waals surface area contributed by atoms with E-state index in [-0.39, 0.29) is 0 Å². The number of aromatic nitrogens is 1. The molecule has 0 aliphatic heterocycles. The topological polar surface area (TPSA) is 127 Å². The average Bonchev–Trinajstić information content (AvgIpc) is 2.95. The van der Waals surface area contributed by atoms with Crippen LogP contribution in [0, 0.1) is 11.3 Å². The van der Waals surface area contributed by atoms with Crippen molar-refractivity contribution in [2.75, 3.05) is 0 Å². The summed E-state index contributed by atoms with van der Waals surface area (Å²) in [5, 5.41) is 24.2. The molecule has 1 aromatic heterocycles. The lowest BCUT2D eigenvalue weighted by molar-refractivity contribution is 0.693. The second kappa shape index (κ2) is 14.1. The van der Waals surface area contributed by atoms with Gasteiger partial charge in [0.15, 0.2) is 0 Å². The number of benzene rings is 3. The standard InChI is InChI=1S/C28H25N5S.H3NS/c29-15-22-14-26(23-4-2-1-3-5-23)28(33-18-22)25-12-8-21(9-13-25)17-32-16-20-6-10-24(11-7-20)27(30)19-34-31;1-2/h1-14,18-19,32H,16-17,30-31H2;2H,1H2/b27-19-;. The van der Waals surface area contributed by atoms with Crippen LogP contribution in [0.3, 0.4) is 0 Å². The van der Waals surface area contributed by atoms with E-state index in [1.165, 1.54) is 11.1 Å².